The largest absolute Gasteiger partial charge is 0.461 e. The third-order valence-electron chi connectivity index (χ3n) is 2.35. The Kier molecular flexibility index (Phi) is 3.87. The second-order valence-corrected chi connectivity index (χ2v) is 3.73. The zero-order valence-corrected chi connectivity index (χ0v) is 10.2. The van der Waals surface area contributed by atoms with Gasteiger partial charge in [-0.15, -0.1) is 0 Å². The average molecular weight is 257 g/mol. The standard InChI is InChI=1S/C14H11NO4/c1-10(13(16)12-8-5-9-18-12)15-19-14(17)11-6-3-2-4-7-11/h2-9H,1H3/b15-10+. The number of nitrogens with zero attached hydrogens (tertiary/aromatic N) is 1. The molecule has 0 fully saturated rings. The van der Waals surface area contributed by atoms with Crippen molar-refractivity contribution in [1.82, 2.24) is 0 Å². The number of hydrogen-bond acceptors (Lipinski definition) is 5. The van der Waals surface area contributed by atoms with E-state index < -0.39 is 11.8 Å². The summed E-state index contributed by atoms with van der Waals surface area (Å²) in [4.78, 5) is 28.0. The molecule has 0 bridgehead atoms. The van der Waals surface area contributed by atoms with Gasteiger partial charge in [-0.1, -0.05) is 23.4 Å². The third kappa shape index (κ3) is 3.16. The molecule has 2 rings (SSSR count). The smallest absolute Gasteiger partial charge is 0.365 e. The highest BCUT2D eigenvalue weighted by atomic mass is 16.7. The van der Waals surface area contributed by atoms with Gasteiger partial charge in [0.2, 0.25) is 5.78 Å². The topological polar surface area (TPSA) is 68.9 Å². The molecule has 0 spiro atoms. The number of carbonyl (C=O) groups excluding carboxylic acids is 2. The van der Waals surface area contributed by atoms with E-state index >= 15 is 0 Å². The number of carbonyl (C=O) groups is 2. The lowest BCUT2D eigenvalue weighted by Crippen LogP contribution is -2.11. The summed E-state index contributed by atoms with van der Waals surface area (Å²) in [6, 6.07) is 11.5. The molecule has 0 amide bonds. The van der Waals surface area contributed by atoms with Gasteiger partial charge in [0.1, 0.15) is 5.71 Å². The summed E-state index contributed by atoms with van der Waals surface area (Å²) in [5.74, 6) is -0.893. The normalized spacial score (nSPS) is 11.1. The van der Waals surface area contributed by atoms with Crippen LogP contribution in [0.5, 0.6) is 0 Å². The highest BCUT2D eigenvalue weighted by Crippen LogP contribution is 2.05. The molecule has 0 unspecified atom stereocenters. The SMILES string of the molecule is C/C(=N\OC(=O)c1ccccc1)C(=O)c1ccco1. The fraction of sp³-hybridized carbons (Fsp3) is 0.0714. The molecule has 0 N–H and O–H groups in total. The van der Waals surface area contributed by atoms with E-state index in [1.807, 2.05) is 0 Å². The minimum atomic E-state index is -0.618. The van der Waals surface area contributed by atoms with Gasteiger partial charge in [-0.05, 0) is 31.2 Å². The van der Waals surface area contributed by atoms with Crippen molar-refractivity contribution in [3.8, 4) is 0 Å². The molecular formula is C14H11NO4. The first kappa shape index (κ1) is 12.8. The predicted molar refractivity (Wildman–Crippen MR) is 68.0 cm³/mol. The van der Waals surface area contributed by atoms with E-state index in [1.54, 1.807) is 36.4 Å². The van der Waals surface area contributed by atoms with Crippen LogP contribution >= 0.6 is 0 Å². The van der Waals surface area contributed by atoms with Gasteiger partial charge in [0.25, 0.3) is 0 Å². The maximum Gasteiger partial charge on any atom is 0.365 e. The summed E-state index contributed by atoms with van der Waals surface area (Å²) in [5, 5.41) is 3.51. The van der Waals surface area contributed by atoms with E-state index in [-0.39, 0.29) is 11.5 Å². The van der Waals surface area contributed by atoms with Crippen molar-refractivity contribution in [1.29, 1.82) is 0 Å². The van der Waals surface area contributed by atoms with Gasteiger partial charge in [-0.2, -0.15) is 0 Å². The summed E-state index contributed by atoms with van der Waals surface area (Å²) in [7, 11) is 0. The number of benzene rings is 1. The van der Waals surface area contributed by atoms with Crippen molar-refractivity contribution in [3.63, 3.8) is 0 Å². The molecule has 19 heavy (non-hydrogen) atoms. The summed E-state index contributed by atoms with van der Waals surface area (Å²) >= 11 is 0. The van der Waals surface area contributed by atoms with Crippen molar-refractivity contribution < 1.29 is 18.8 Å². The van der Waals surface area contributed by atoms with E-state index in [0.29, 0.717) is 5.56 Å². The maximum atomic E-state index is 11.7. The van der Waals surface area contributed by atoms with Crippen LogP contribution < -0.4 is 0 Å². The van der Waals surface area contributed by atoms with Crippen LogP contribution in [0.1, 0.15) is 27.8 Å². The Morgan fingerprint density at radius 2 is 1.84 bits per heavy atom. The van der Waals surface area contributed by atoms with Gasteiger partial charge in [0.05, 0.1) is 11.8 Å². The second kappa shape index (κ2) is 5.77. The molecule has 1 aromatic carbocycles. The Morgan fingerprint density at radius 3 is 2.47 bits per heavy atom. The fourth-order valence-electron chi connectivity index (χ4n) is 1.36. The monoisotopic (exact) mass is 257 g/mol. The van der Waals surface area contributed by atoms with Crippen LogP contribution in [-0.4, -0.2) is 17.5 Å². The first-order valence-corrected chi connectivity index (χ1v) is 5.57. The number of oxime groups is 1. The first-order chi connectivity index (χ1) is 9.18. The molecule has 0 aliphatic rings. The molecule has 1 heterocycles. The molecule has 0 saturated carbocycles. The molecule has 0 aliphatic heterocycles. The predicted octanol–water partition coefficient (Wildman–Crippen LogP) is 2.70. The van der Waals surface area contributed by atoms with Crippen molar-refractivity contribution >= 4 is 17.5 Å². The number of furan rings is 1. The van der Waals surface area contributed by atoms with Gasteiger partial charge < -0.3 is 9.25 Å². The second-order valence-electron chi connectivity index (χ2n) is 3.73. The Hall–Kier alpha value is -2.69. The molecule has 0 aliphatic carbocycles. The average Bonchev–Trinajstić information content (AvgIpc) is 2.98. The van der Waals surface area contributed by atoms with Crippen LogP contribution in [0.2, 0.25) is 0 Å². The lowest BCUT2D eigenvalue weighted by molar-refractivity contribution is 0.0515. The quantitative estimate of drug-likeness (QED) is 0.365. The highest BCUT2D eigenvalue weighted by molar-refractivity contribution is 6.44. The zero-order chi connectivity index (χ0) is 13.7. The van der Waals surface area contributed by atoms with Crippen LogP contribution in [0.15, 0.2) is 58.3 Å². The summed E-state index contributed by atoms with van der Waals surface area (Å²) < 4.78 is 4.94. The zero-order valence-electron chi connectivity index (χ0n) is 10.2. The molecule has 0 saturated heterocycles. The maximum absolute atomic E-state index is 11.7. The van der Waals surface area contributed by atoms with E-state index in [4.69, 9.17) is 9.25 Å². The van der Waals surface area contributed by atoms with Gasteiger partial charge in [0.15, 0.2) is 5.76 Å². The van der Waals surface area contributed by atoms with Gasteiger partial charge in [0, 0.05) is 0 Å². The van der Waals surface area contributed by atoms with Crippen LogP contribution in [0.4, 0.5) is 0 Å². The van der Waals surface area contributed by atoms with Crippen LogP contribution in [-0.2, 0) is 4.84 Å². The molecule has 1 aromatic heterocycles. The Morgan fingerprint density at radius 1 is 1.11 bits per heavy atom. The molecular weight excluding hydrogens is 246 g/mol. The first-order valence-electron chi connectivity index (χ1n) is 5.57. The number of Topliss-reactive ketones (excluding diaryl/α,β-unsaturated/α-hetero) is 1. The van der Waals surface area contributed by atoms with Gasteiger partial charge in [-0.25, -0.2) is 4.79 Å². The van der Waals surface area contributed by atoms with Crippen molar-refractivity contribution in [3.05, 3.63) is 60.1 Å². The minimum Gasteiger partial charge on any atom is -0.461 e. The van der Waals surface area contributed by atoms with E-state index in [0.717, 1.165) is 0 Å². The third-order valence-corrected chi connectivity index (χ3v) is 2.35. The van der Waals surface area contributed by atoms with Crippen molar-refractivity contribution in [2.45, 2.75) is 6.92 Å². The Balaban J connectivity index is 2.03. The minimum absolute atomic E-state index is 0.0410. The number of ketones is 1. The Labute approximate surface area is 109 Å². The number of hydrogen-bond donors (Lipinski definition) is 0. The molecule has 5 nitrogen and oxygen atoms in total. The fourth-order valence-corrected chi connectivity index (χ4v) is 1.36. The van der Waals surface area contributed by atoms with Crippen LogP contribution in [0, 0.1) is 0 Å². The summed E-state index contributed by atoms with van der Waals surface area (Å²) in [6.45, 7) is 1.45. The summed E-state index contributed by atoms with van der Waals surface area (Å²) in [5.41, 5.74) is 0.406. The van der Waals surface area contributed by atoms with Crippen molar-refractivity contribution in [2.24, 2.45) is 5.16 Å². The van der Waals surface area contributed by atoms with E-state index in [9.17, 15) is 9.59 Å². The Bertz CT molecular complexity index is 600. The van der Waals surface area contributed by atoms with Crippen LogP contribution in [0.25, 0.3) is 0 Å². The molecule has 5 heteroatoms. The number of rotatable bonds is 4. The molecule has 0 radical (unpaired) electrons. The molecule has 0 atom stereocenters. The van der Waals surface area contributed by atoms with Gasteiger partial charge in [-0.3, -0.25) is 4.79 Å². The van der Waals surface area contributed by atoms with Crippen molar-refractivity contribution in [2.75, 3.05) is 0 Å². The van der Waals surface area contributed by atoms with E-state index in [2.05, 4.69) is 5.16 Å². The lowest BCUT2D eigenvalue weighted by atomic mass is 10.2. The highest BCUT2D eigenvalue weighted by Gasteiger charge is 2.14. The molecule has 2 aromatic rings. The lowest BCUT2D eigenvalue weighted by Gasteiger charge is -1.99. The van der Waals surface area contributed by atoms with Gasteiger partial charge >= 0.3 is 5.97 Å². The summed E-state index contributed by atoms with van der Waals surface area (Å²) in [6.07, 6.45) is 1.39. The van der Waals surface area contributed by atoms with Crippen LogP contribution in [0.3, 0.4) is 0 Å². The molecule has 96 valence electrons. The van der Waals surface area contributed by atoms with E-state index in [1.165, 1.54) is 19.3 Å².